The van der Waals surface area contributed by atoms with Gasteiger partial charge in [-0.05, 0) is 55.0 Å². The van der Waals surface area contributed by atoms with Gasteiger partial charge >= 0.3 is 0 Å². The number of hydrogen-bond donors (Lipinski definition) is 1. The van der Waals surface area contributed by atoms with Crippen LogP contribution in [0.15, 0.2) is 48.5 Å². The van der Waals surface area contributed by atoms with Crippen LogP contribution in [0.4, 0.5) is 10.1 Å². The highest BCUT2D eigenvalue weighted by Gasteiger charge is 2.03. The summed E-state index contributed by atoms with van der Waals surface area (Å²) in [5.41, 5.74) is 1.20. The third-order valence-electron chi connectivity index (χ3n) is 2.93. The van der Waals surface area contributed by atoms with Crippen LogP contribution in [0.5, 0.6) is 5.75 Å². The van der Waals surface area contributed by atoms with Crippen LogP contribution in [0.2, 0.25) is 0 Å². The average molecular weight is 298 g/mol. The predicted molar refractivity (Wildman–Crippen MR) is 80.9 cm³/mol. The Morgan fingerprint density at radius 2 is 1.82 bits per heavy atom. The number of nitriles is 1. The SMILES string of the molecule is N#Cc1ccc(NC(=O)CCCOc2ccc(F)cc2)cc1. The molecule has 0 unspecified atom stereocenters. The molecule has 0 bridgehead atoms. The molecular formula is C17H15FN2O2. The highest BCUT2D eigenvalue weighted by atomic mass is 19.1. The summed E-state index contributed by atoms with van der Waals surface area (Å²) in [4.78, 5) is 11.7. The lowest BCUT2D eigenvalue weighted by Gasteiger charge is -2.07. The fourth-order valence-corrected chi connectivity index (χ4v) is 1.81. The van der Waals surface area contributed by atoms with Crippen LogP contribution in [0.3, 0.4) is 0 Å². The van der Waals surface area contributed by atoms with Crippen molar-refractivity contribution in [2.45, 2.75) is 12.8 Å². The monoisotopic (exact) mass is 298 g/mol. The van der Waals surface area contributed by atoms with Gasteiger partial charge < -0.3 is 10.1 Å². The van der Waals surface area contributed by atoms with E-state index in [0.717, 1.165) is 0 Å². The molecule has 0 spiro atoms. The van der Waals surface area contributed by atoms with Gasteiger partial charge in [-0.2, -0.15) is 5.26 Å². The molecule has 2 aromatic carbocycles. The molecule has 112 valence electrons. The van der Waals surface area contributed by atoms with Crippen molar-refractivity contribution < 1.29 is 13.9 Å². The van der Waals surface area contributed by atoms with Gasteiger partial charge in [0, 0.05) is 12.1 Å². The fourth-order valence-electron chi connectivity index (χ4n) is 1.81. The molecule has 0 heterocycles. The number of rotatable bonds is 6. The van der Waals surface area contributed by atoms with Crippen molar-refractivity contribution in [3.05, 3.63) is 59.9 Å². The van der Waals surface area contributed by atoms with Crippen molar-refractivity contribution in [1.29, 1.82) is 5.26 Å². The molecule has 2 aromatic rings. The van der Waals surface area contributed by atoms with Crippen molar-refractivity contribution >= 4 is 11.6 Å². The maximum atomic E-state index is 12.7. The zero-order valence-corrected chi connectivity index (χ0v) is 11.9. The van der Waals surface area contributed by atoms with Crippen LogP contribution in [-0.2, 0) is 4.79 Å². The Labute approximate surface area is 128 Å². The number of carbonyl (C=O) groups is 1. The molecule has 0 atom stereocenters. The minimum absolute atomic E-state index is 0.118. The summed E-state index contributed by atoms with van der Waals surface area (Å²) in [6.45, 7) is 0.381. The molecule has 0 saturated heterocycles. The maximum absolute atomic E-state index is 12.7. The zero-order chi connectivity index (χ0) is 15.8. The minimum Gasteiger partial charge on any atom is -0.494 e. The van der Waals surface area contributed by atoms with Gasteiger partial charge in [0.05, 0.1) is 18.2 Å². The van der Waals surface area contributed by atoms with Gasteiger partial charge in [-0.15, -0.1) is 0 Å². The Morgan fingerprint density at radius 1 is 1.14 bits per heavy atom. The number of halogens is 1. The van der Waals surface area contributed by atoms with E-state index in [1.807, 2.05) is 6.07 Å². The number of amides is 1. The van der Waals surface area contributed by atoms with Gasteiger partial charge in [0.25, 0.3) is 0 Å². The molecule has 1 N–H and O–H groups in total. The van der Waals surface area contributed by atoms with E-state index < -0.39 is 0 Å². The van der Waals surface area contributed by atoms with Crippen LogP contribution < -0.4 is 10.1 Å². The number of nitrogens with zero attached hydrogens (tertiary/aromatic N) is 1. The number of carbonyl (C=O) groups excluding carboxylic acids is 1. The topological polar surface area (TPSA) is 62.1 Å². The standard InChI is InChI=1S/C17H15FN2O2/c18-14-5-9-16(10-6-14)22-11-1-2-17(21)20-15-7-3-13(12-19)4-8-15/h3-10H,1-2,11H2,(H,20,21). The van der Waals surface area contributed by atoms with Crippen molar-refractivity contribution in [1.82, 2.24) is 0 Å². The van der Waals surface area contributed by atoms with Crippen molar-refractivity contribution in [2.75, 3.05) is 11.9 Å². The Balaban J connectivity index is 1.69. The van der Waals surface area contributed by atoms with Crippen LogP contribution in [0.25, 0.3) is 0 Å². The largest absolute Gasteiger partial charge is 0.494 e. The summed E-state index contributed by atoms with van der Waals surface area (Å²) < 4.78 is 18.1. The van der Waals surface area contributed by atoms with Gasteiger partial charge in [0.2, 0.25) is 5.91 Å². The molecule has 0 fully saturated rings. The first-order valence-corrected chi connectivity index (χ1v) is 6.86. The smallest absolute Gasteiger partial charge is 0.224 e. The van der Waals surface area contributed by atoms with E-state index in [9.17, 15) is 9.18 Å². The van der Waals surface area contributed by atoms with E-state index in [0.29, 0.717) is 36.4 Å². The molecule has 0 aliphatic rings. The molecule has 0 saturated carbocycles. The molecule has 4 nitrogen and oxygen atoms in total. The Hall–Kier alpha value is -2.87. The first kappa shape index (κ1) is 15.5. The molecule has 1 amide bonds. The molecule has 0 aliphatic carbocycles. The second-order valence-corrected chi connectivity index (χ2v) is 4.64. The van der Waals surface area contributed by atoms with E-state index >= 15 is 0 Å². The lowest BCUT2D eigenvalue weighted by Crippen LogP contribution is -2.12. The van der Waals surface area contributed by atoms with Crippen LogP contribution in [-0.4, -0.2) is 12.5 Å². The van der Waals surface area contributed by atoms with Crippen molar-refractivity contribution in [3.63, 3.8) is 0 Å². The van der Waals surface area contributed by atoms with Crippen LogP contribution in [0, 0.1) is 17.1 Å². The predicted octanol–water partition coefficient (Wildman–Crippen LogP) is 3.50. The quantitative estimate of drug-likeness (QED) is 0.830. The van der Waals surface area contributed by atoms with E-state index in [4.69, 9.17) is 10.00 Å². The summed E-state index contributed by atoms with van der Waals surface area (Å²) in [7, 11) is 0. The van der Waals surface area contributed by atoms with Gasteiger partial charge in [-0.3, -0.25) is 4.79 Å². The van der Waals surface area contributed by atoms with Crippen molar-refractivity contribution in [2.24, 2.45) is 0 Å². The molecule has 0 aromatic heterocycles. The lowest BCUT2D eigenvalue weighted by molar-refractivity contribution is -0.116. The Bertz CT molecular complexity index is 661. The normalized spacial score (nSPS) is 9.82. The highest BCUT2D eigenvalue weighted by molar-refractivity contribution is 5.90. The van der Waals surface area contributed by atoms with Gasteiger partial charge in [-0.1, -0.05) is 0 Å². The van der Waals surface area contributed by atoms with E-state index in [1.165, 1.54) is 12.1 Å². The third kappa shape index (κ3) is 4.91. The van der Waals surface area contributed by atoms with Crippen LogP contribution >= 0.6 is 0 Å². The summed E-state index contributed by atoms with van der Waals surface area (Å²) in [6.07, 6.45) is 0.876. The maximum Gasteiger partial charge on any atom is 0.224 e. The number of ether oxygens (including phenoxy) is 1. The van der Waals surface area contributed by atoms with Gasteiger partial charge in [0.15, 0.2) is 0 Å². The van der Waals surface area contributed by atoms with Gasteiger partial charge in [0.1, 0.15) is 11.6 Å². The van der Waals surface area contributed by atoms with Crippen molar-refractivity contribution in [3.8, 4) is 11.8 Å². The van der Waals surface area contributed by atoms with Crippen LogP contribution in [0.1, 0.15) is 18.4 Å². The second kappa shape index (κ2) is 7.79. The Kier molecular flexibility index (Phi) is 5.50. The number of anilines is 1. The van der Waals surface area contributed by atoms with Gasteiger partial charge in [-0.25, -0.2) is 4.39 Å². The second-order valence-electron chi connectivity index (χ2n) is 4.64. The number of hydrogen-bond acceptors (Lipinski definition) is 3. The first-order chi connectivity index (χ1) is 10.7. The summed E-state index contributed by atoms with van der Waals surface area (Å²) in [5, 5.41) is 11.4. The molecule has 22 heavy (non-hydrogen) atoms. The molecular weight excluding hydrogens is 283 g/mol. The molecule has 5 heteroatoms. The van der Waals surface area contributed by atoms with E-state index in [2.05, 4.69) is 5.32 Å². The first-order valence-electron chi connectivity index (χ1n) is 6.86. The summed E-state index contributed by atoms with van der Waals surface area (Å²) >= 11 is 0. The molecule has 2 rings (SSSR count). The van der Waals surface area contributed by atoms with E-state index in [-0.39, 0.29) is 11.7 Å². The fraction of sp³-hybridized carbons (Fsp3) is 0.176. The number of nitrogens with one attached hydrogen (secondary N) is 1. The summed E-state index contributed by atoms with van der Waals surface area (Å²) in [6, 6.07) is 14.4. The minimum atomic E-state index is -0.311. The lowest BCUT2D eigenvalue weighted by atomic mass is 10.2. The Morgan fingerprint density at radius 3 is 2.45 bits per heavy atom. The number of benzene rings is 2. The zero-order valence-electron chi connectivity index (χ0n) is 11.9. The highest BCUT2D eigenvalue weighted by Crippen LogP contribution is 2.12. The third-order valence-corrected chi connectivity index (χ3v) is 2.93. The average Bonchev–Trinajstić information content (AvgIpc) is 2.54. The molecule has 0 aliphatic heterocycles. The molecule has 0 radical (unpaired) electrons. The van der Waals surface area contributed by atoms with E-state index in [1.54, 1.807) is 36.4 Å². The summed E-state index contributed by atoms with van der Waals surface area (Å²) in [5.74, 6) is 0.149.